The Bertz CT molecular complexity index is 544. The van der Waals surface area contributed by atoms with Gasteiger partial charge in [-0.15, -0.1) is 0 Å². The van der Waals surface area contributed by atoms with Crippen molar-refractivity contribution in [1.29, 1.82) is 0 Å². The van der Waals surface area contributed by atoms with Crippen molar-refractivity contribution in [1.82, 2.24) is 14.5 Å². The Kier molecular flexibility index (Phi) is 3.41. The normalized spacial score (nSPS) is 10.4. The SMILES string of the molecule is CC(=O)c1ccc(N(C)Cc2nccn2C)nc1. The van der Waals surface area contributed by atoms with Crippen LogP contribution in [0.5, 0.6) is 0 Å². The monoisotopic (exact) mass is 244 g/mol. The van der Waals surface area contributed by atoms with Gasteiger partial charge in [-0.25, -0.2) is 9.97 Å². The molecular formula is C13H16N4O. The first kappa shape index (κ1) is 12.3. The highest BCUT2D eigenvalue weighted by molar-refractivity contribution is 5.93. The molecular weight excluding hydrogens is 228 g/mol. The maximum atomic E-state index is 11.2. The number of aryl methyl sites for hydroxylation is 1. The fourth-order valence-corrected chi connectivity index (χ4v) is 1.66. The first-order valence-electron chi connectivity index (χ1n) is 5.72. The summed E-state index contributed by atoms with van der Waals surface area (Å²) in [6.45, 7) is 2.21. The zero-order valence-electron chi connectivity index (χ0n) is 10.8. The largest absolute Gasteiger partial charge is 0.352 e. The van der Waals surface area contributed by atoms with Gasteiger partial charge in [0.15, 0.2) is 5.78 Å². The second-order valence-corrected chi connectivity index (χ2v) is 4.27. The molecule has 0 N–H and O–H groups in total. The Labute approximate surface area is 106 Å². The Morgan fingerprint density at radius 2 is 2.17 bits per heavy atom. The molecule has 0 saturated heterocycles. The van der Waals surface area contributed by atoms with E-state index in [1.165, 1.54) is 6.92 Å². The zero-order valence-corrected chi connectivity index (χ0v) is 10.8. The van der Waals surface area contributed by atoms with E-state index in [1.54, 1.807) is 18.5 Å². The molecule has 0 spiro atoms. The first-order valence-corrected chi connectivity index (χ1v) is 5.72. The van der Waals surface area contributed by atoms with E-state index in [-0.39, 0.29) is 5.78 Å². The van der Waals surface area contributed by atoms with Gasteiger partial charge in [0, 0.05) is 38.2 Å². The number of rotatable bonds is 4. The maximum Gasteiger partial charge on any atom is 0.161 e. The second kappa shape index (κ2) is 5.00. The smallest absolute Gasteiger partial charge is 0.161 e. The van der Waals surface area contributed by atoms with Gasteiger partial charge in [-0.1, -0.05) is 0 Å². The quantitative estimate of drug-likeness (QED) is 0.767. The second-order valence-electron chi connectivity index (χ2n) is 4.27. The van der Waals surface area contributed by atoms with Crippen molar-refractivity contribution in [3.05, 3.63) is 42.1 Å². The zero-order chi connectivity index (χ0) is 13.1. The molecule has 0 aliphatic carbocycles. The minimum Gasteiger partial charge on any atom is -0.352 e. The highest BCUT2D eigenvalue weighted by Gasteiger charge is 2.07. The van der Waals surface area contributed by atoms with Crippen molar-refractivity contribution >= 4 is 11.6 Å². The van der Waals surface area contributed by atoms with Crippen LogP contribution in [0.15, 0.2) is 30.7 Å². The Balaban J connectivity index is 2.12. The van der Waals surface area contributed by atoms with Crippen LogP contribution in [0.1, 0.15) is 23.1 Å². The van der Waals surface area contributed by atoms with Crippen molar-refractivity contribution < 1.29 is 4.79 Å². The van der Waals surface area contributed by atoms with Crippen LogP contribution in [0.25, 0.3) is 0 Å². The fourth-order valence-electron chi connectivity index (χ4n) is 1.66. The molecule has 0 fully saturated rings. The lowest BCUT2D eigenvalue weighted by molar-refractivity contribution is 0.101. The molecule has 2 rings (SSSR count). The minimum atomic E-state index is 0.0285. The van der Waals surface area contributed by atoms with E-state index in [2.05, 4.69) is 9.97 Å². The van der Waals surface area contributed by atoms with Gasteiger partial charge in [0.25, 0.3) is 0 Å². The van der Waals surface area contributed by atoms with Crippen molar-refractivity contribution in [2.24, 2.45) is 7.05 Å². The lowest BCUT2D eigenvalue weighted by atomic mass is 10.2. The standard InChI is InChI=1S/C13H16N4O/c1-10(18)11-4-5-12(15-8-11)17(3)9-13-14-6-7-16(13)2/h4-8H,9H2,1-3H3. The molecule has 0 saturated carbocycles. The van der Waals surface area contributed by atoms with Gasteiger partial charge in [-0.3, -0.25) is 4.79 Å². The molecule has 0 atom stereocenters. The lowest BCUT2D eigenvalue weighted by Crippen LogP contribution is -2.20. The molecule has 5 heteroatoms. The first-order chi connectivity index (χ1) is 8.58. The molecule has 0 bridgehead atoms. The van der Waals surface area contributed by atoms with Crippen molar-refractivity contribution in [3.8, 4) is 0 Å². The average molecular weight is 244 g/mol. The number of imidazole rings is 1. The summed E-state index contributed by atoms with van der Waals surface area (Å²) < 4.78 is 1.97. The summed E-state index contributed by atoms with van der Waals surface area (Å²) in [5.41, 5.74) is 0.629. The Hall–Kier alpha value is -2.17. The summed E-state index contributed by atoms with van der Waals surface area (Å²) in [6.07, 6.45) is 5.29. The number of aromatic nitrogens is 3. The van der Waals surface area contributed by atoms with Crippen molar-refractivity contribution in [2.75, 3.05) is 11.9 Å². The number of ketones is 1. The highest BCUT2D eigenvalue weighted by atomic mass is 16.1. The van der Waals surface area contributed by atoms with Gasteiger partial charge in [0.2, 0.25) is 0 Å². The molecule has 2 aromatic rings. The fraction of sp³-hybridized carbons (Fsp3) is 0.308. The van der Waals surface area contributed by atoms with E-state index in [9.17, 15) is 4.79 Å². The van der Waals surface area contributed by atoms with Crippen LogP contribution in [0.2, 0.25) is 0 Å². The number of hydrogen-bond donors (Lipinski definition) is 0. The third-order valence-electron chi connectivity index (χ3n) is 2.85. The van der Waals surface area contributed by atoms with Gasteiger partial charge < -0.3 is 9.47 Å². The van der Waals surface area contributed by atoms with E-state index in [4.69, 9.17) is 0 Å². The highest BCUT2D eigenvalue weighted by Crippen LogP contribution is 2.12. The molecule has 0 unspecified atom stereocenters. The van der Waals surface area contributed by atoms with E-state index < -0.39 is 0 Å². The third kappa shape index (κ3) is 2.56. The van der Waals surface area contributed by atoms with Crippen LogP contribution in [0, 0.1) is 0 Å². The number of anilines is 1. The lowest BCUT2D eigenvalue weighted by Gasteiger charge is -2.17. The predicted octanol–water partition coefficient (Wildman–Crippen LogP) is 1.65. The molecule has 2 aromatic heterocycles. The summed E-state index contributed by atoms with van der Waals surface area (Å²) in [4.78, 5) is 21.7. The van der Waals surface area contributed by atoms with Gasteiger partial charge >= 0.3 is 0 Å². The van der Waals surface area contributed by atoms with Gasteiger partial charge in [0.1, 0.15) is 11.6 Å². The molecule has 94 valence electrons. The van der Waals surface area contributed by atoms with E-state index in [1.807, 2.05) is 35.8 Å². The number of Topliss-reactive ketones (excluding diaryl/α,β-unsaturated/α-hetero) is 1. The van der Waals surface area contributed by atoms with Crippen LogP contribution in [0.4, 0.5) is 5.82 Å². The summed E-state index contributed by atoms with van der Waals surface area (Å²) in [5.74, 6) is 1.82. The molecule has 18 heavy (non-hydrogen) atoms. The van der Waals surface area contributed by atoms with Crippen LogP contribution >= 0.6 is 0 Å². The average Bonchev–Trinajstić information content (AvgIpc) is 2.75. The summed E-state index contributed by atoms with van der Waals surface area (Å²) in [6, 6.07) is 3.64. The molecule has 0 aromatic carbocycles. The molecule has 0 aliphatic heterocycles. The van der Waals surface area contributed by atoms with Crippen LogP contribution in [0.3, 0.4) is 0 Å². The van der Waals surface area contributed by atoms with E-state index in [0.29, 0.717) is 12.1 Å². The number of nitrogens with zero attached hydrogens (tertiary/aromatic N) is 4. The van der Waals surface area contributed by atoms with Gasteiger partial charge in [-0.05, 0) is 19.1 Å². The van der Waals surface area contributed by atoms with Crippen LogP contribution in [-0.2, 0) is 13.6 Å². The van der Waals surface area contributed by atoms with Gasteiger partial charge in [-0.2, -0.15) is 0 Å². The molecule has 0 aliphatic rings. The summed E-state index contributed by atoms with van der Waals surface area (Å²) >= 11 is 0. The van der Waals surface area contributed by atoms with E-state index >= 15 is 0 Å². The number of carbonyl (C=O) groups excluding carboxylic acids is 1. The third-order valence-corrected chi connectivity index (χ3v) is 2.85. The predicted molar refractivity (Wildman–Crippen MR) is 69.6 cm³/mol. The number of carbonyl (C=O) groups is 1. The Morgan fingerprint density at radius 1 is 1.39 bits per heavy atom. The molecule has 2 heterocycles. The van der Waals surface area contributed by atoms with E-state index in [0.717, 1.165) is 11.6 Å². The van der Waals surface area contributed by atoms with Crippen LogP contribution < -0.4 is 4.90 Å². The molecule has 0 radical (unpaired) electrons. The Morgan fingerprint density at radius 3 is 2.67 bits per heavy atom. The summed E-state index contributed by atoms with van der Waals surface area (Å²) in [7, 11) is 3.91. The minimum absolute atomic E-state index is 0.0285. The van der Waals surface area contributed by atoms with Crippen molar-refractivity contribution in [2.45, 2.75) is 13.5 Å². The summed E-state index contributed by atoms with van der Waals surface area (Å²) in [5, 5.41) is 0. The van der Waals surface area contributed by atoms with Gasteiger partial charge in [0.05, 0.1) is 6.54 Å². The maximum absolute atomic E-state index is 11.2. The number of pyridine rings is 1. The number of hydrogen-bond acceptors (Lipinski definition) is 4. The molecule has 0 amide bonds. The molecule has 5 nitrogen and oxygen atoms in total. The topological polar surface area (TPSA) is 51.0 Å². The van der Waals surface area contributed by atoms with Crippen molar-refractivity contribution in [3.63, 3.8) is 0 Å². The van der Waals surface area contributed by atoms with Crippen LogP contribution in [-0.4, -0.2) is 27.4 Å².